The Balaban J connectivity index is 1.62. The fourth-order valence-corrected chi connectivity index (χ4v) is 4.69. The zero-order chi connectivity index (χ0) is 22.6. The van der Waals surface area contributed by atoms with Crippen LogP contribution in [0, 0.1) is 17.1 Å². The molecule has 1 aliphatic carbocycles. The molecule has 1 amide bonds. The Morgan fingerprint density at radius 1 is 1.16 bits per heavy atom. The maximum absolute atomic E-state index is 13.5. The topological polar surface area (TPSA) is 96.5 Å². The van der Waals surface area contributed by atoms with Gasteiger partial charge in [0.2, 0.25) is 5.91 Å². The highest BCUT2D eigenvalue weighted by molar-refractivity contribution is 8.00. The van der Waals surface area contributed by atoms with Gasteiger partial charge in [-0.2, -0.15) is 5.26 Å². The molecule has 3 aromatic rings. The summed E-state index contributed by atoms with van der Waals surface area (Å²) >= 11 is 1.25. The lowest BCUT2D eigenvalue weighted by Gasteiger charge is -2.32. The summed E-state index contributed by atoms with van der Waals surface area (Å²) in [5, 5.41) is 21.3. The van der Waals surface area contributed by atoms with Crippen LogP contribution >= 0.6 is 11.8 Å². The predicted octanol–water partition coefficient (Wildman–Crippen LogP) is 4.29. The van der Waals surface area contributed by atoms with E-state index in [9.17, 15) is 14.4 Å². The molecule has 1 fully saturated rings. The smallest absolute Gasteiger partial charge is 0.234 e. The van der Waals surface area contributed by atoms with E-state index in [1.807, 2.05) is 12.1 Å². The molecule has 32 heavy (non-hydrogen) atoms. The molecule has 0 spiro atoms. The van der Waals surface area contributed by atoms with Gasteiger partial charge < -0.3 is 5.32 Å². The van der Waals surface area contributed by atoms with Crippen LogP contribution in [-0.2, 0) is 4.79 Å². The zero-order valence-corrected chi connectivity index (χ0v) is 18.5. The number of aromatic nitrogens is 4. The molecule has 9 heteroatoms. The molecule has 7 nitrogen and oxygen atoms in total. The average molecular weight is 451 g/mol. The minimum absolute atomic E-state index is 0.211. The maximum Gasteiger partial charge on any atom is 0.234 e. The van der Waals surface area contributed by atoms with Crippen molar-refractivity contribution < 1.29 is 9.18 Å². The van der Waals surface area contributed by atoms with Crippen molar-refractivity contribution in [2.24, 2.45) is 0 Å². The SMILES string of the molecule is C[C@H](Sc1nnc(-c2ccncc2)n1-c1ccc(F)cc1)C(=O)NC1(C#N)CCCCC1. The third kappa shape index (κ3) is 4.65. The van der Waals surface area contributed by atoms with E-state index in [1.54, 1.807) is 36.0 Å². The summed E-state index contributed by atoms with van der Waals surface area (Å²) in [4.78, 5) is 17.0. The van der Waals surface area contributed by atoms with Crippen molar-refractivity contribution in [3.05, 3.63) is 54.6 Å². The minimum atomic E-state index is -0.795. The number of nitrogens with one attached hydrogen (secondary N) is 1. The molecule has 1 saturated carbocycles. The highest BCUT2D eigenvalue weighted by atomic mass is 32.2. The molecular formula is C23H23FN6OS. The molecule has 4 rings (SSSR count). The summed E-state index contributed by atoms with van der Waals surface area (Å²) < 4.78 is 15.3. The molecule has 1 N–H and O–H groups in total. The summed E-state index contributed by atoms with van der Waals surface area (Å²) in [7, 11) is 0. The number of hydrogen-bond acceptors (Lipinski definition) is 6. The van der Waals surface area contributed by atoms with E-state index < -0.39 is 10.8 Å². The van der Waals surface area contributed by atoms with Crippen LogP contribution in [0.5, 0.6) is 0 Å². The van der Waals surface area contributed by atoms with Gasteiger partial charge in [-0.05, 0) is 56.2 Å². The number of halogens is 1. The Labute approximate surface area is 190 Å². The van der Waals surface area contributed by atoms with E-state index in [0.717, 1.165) is 24.8 Å². The van der Waals surface area contributed by atoms with Gasteiger partial charge in [0.25, 0.3) is 0 Å². The van der Waals surface area contributed by atoms with Crippen molar-refractivity contribution in [2.75, 3.05) is 0 Å². The van der Waals surface area contributed by atoms with Crippen LogP contribution in [0.4, 0.5) is 4.39 Å². The normalized spacial score (nSPS) is 16.2. The molecular weight excluding hydrogens is 427 g/mol. The van der Waals surface area contributed by atoms with E-state index in [-0.39, 0.29) is 11.7 Å². The lowest BCUT2D eigenvalue weighted by Crippen LogP contribution is -2.50. The molecule has 1 atom stereocenters. The number of benzene rings is 1. The number of nitrogens with zero attached hydrogens (tertiary/aromatic N) is 5. The van der Waals surface area contributed by atoms with Crippen LogP contribution in [0.1, 0.15) is 39.0 Å². The molecule has 0 bridgehead atoms. The lowest BCUT2D eigenvalue weighted by atomic mass is 9.83. The first kappa shape index (κ1) is 22.0. The molecule has 1 aromatic carbocycles. The van der Waals surface area contributed by atoms with Gasteiger partial charge in [0.05, 0.1) is 11.3 Å². The van der Waals surface area contributed by atoms with Gasteiger partial charge in [0.15, 0.2) is 11.0 Å². The largest absolute Gasteiger partial charge is 0.337 e. The van der Waals surface area contributed by atoms with Crippen LogP contribution in [0.25, 0.3) is 17.1 Å². The van der Waals surface area contributed by atoms with Gasteiger partial charge in [0.1, 0.15) is 11.4 Å². The van der Waals surface area contributed by atoms with E-state index >= 15 is 0 Å². The Morgan fingerprint density at radius 2 is 1.84 bits per heavy atom. The third-order valence-corrected chi connectivity index (χ3v) is 6.63. The van der Waals surface area contributed by atoms with E-state index in [4.69, 9.17) is 0 Å². The number of hydrogen-bond donors (Lipinski definition) is 1. The second-order valence-electron chi connectivity index (χ2n) is 7.86. The van der Waals surface area contributed by atoms with Crippen LogP contribution in [0.3, 0.4) is 0 Å². The standard InChI is InChI=1S/C23H23FN6OS/c1-16(21(31)27-23(15-25)11-3-2-4-12-23)32-22-29-28-20(17-9-13-26-14-10-17)30(22)19-7-5-18(24)6-8-19/h5-10,13-14,16H,2-4,11-12H2,1H3,(H,27,31)/t16-/m0/s1. The molecule has 2 heterocycles. The average Bonchev–Trinajstić information content (AvgIpc) is 3.24. The van der Waals surface area contributed by atoms with E-state index in [0.29, 0.717) is 29.5 Å². The zero-order valence-electron chi connectivity index (χ0n) is 17.7. The highest BCUT2D eigenvalue weighted by Gasteiger charge is 2.35. The molecule has 0 radical (unpaired) electrons. The molecule has 0 saturated heterocycles. The number of carbonyl (C=O) groups excluding carboxylic acids is 1. The van der Waals surface area contributed by atoms with Crippen LogP contribution in [-0.4, -0.2) is 36.4 Å². The van der Waals surface area contributed by atoms with Gasteiger partial charge in [-0.25, -0.2) is 4.39 Å². The lowest BCUT2D eigenvalue weighted by molar-refractivity contribution is -0.121. The summed E-state index contributed by atoms with van der Waals surface area (Å²) in [5.74, 6) is 0.0102. The Morgan fingerprint density at radius 3 is 2.50 bits per heavy atom. The first-order valence-electron chi connectivity index (χ1n) is 10.5. The third-order valence-electron chi connectivity index (χ3n) is 5.59. The van der Waals surface area contributed by atoms with Gasteiger partial charge in [-0.1, -0.05) is 31.0 Å². The fourth-order valence-electron chi connectivity index (χ4n) is 3.83. The van der Waals surface area contributed by atoms with E-state index in [2.05, 4.69) is 26.6 Å². The number of carbonyl (C=O) groups is 1. The Bertz CT molecular complexity index is 1120. The van der Waals surface area contributed by atoms with Crippen molar-refractivity contribution in [1.29, 1.82) is 5.26 Å². The fraction of sp³-hybridized carbons (Fsp3) is 0.348. The van der Waals surface area contributed by atoms with Gasteiger partial charge >= 0.3 is 0 Å². The molecule has 0 unspecified atom stereocenters. The van der Waals surface area contributed by atoms with Crippen LogP contribution in [0.15, 0.2) is 53.9 Å². The second kappa shape index (κ2) is 9.49. The van der Waals surface area contributed by atoms with Crippen molar-refractivity contribution in [1.82, 2.24) is 25.1 Å². The Kier molecular flexibility index (Phi) is 6.51. The van der Waals surface area contributed by atoms with Crippen LogP contribution in [0.2, 0.25) is 0 Å². The number of thioether (sulfide) groups is 1. The van der Waals surface area contributed by atoms with Crippen molar-refractivity contribution in [2.45, 2.75) is 55.0 Å². The number of amides is 1. The summed E-state index contributed by atoms with van der Waals surface area (Å²) in [6.45, 7) is 1.78. The van der Waals surface area contributed by atoms with E-state index in [1.165, 1.54) is 23.9 Å². The minimum Gasteiger partial charge on any atom is -0.337 e. The Hall–Kier alpha value is -3.25. The second-order valence-corrected chi connectivity index (χ2v) is 9.17. The van der Waals surface area contributed by atoms with Gasteiger partial charge in [0, 0.05) is 23.6 Å². The predicted molar refractivity (Wildman–Crippen MR) is 119 cm³/mol. The maximum atomic E-state index is 13.5. The van der Waals surface area contributed by atoms with Crippen molar-refractivity contribution in [3.63, 3.8) is 0 Å². The van der Waals surface area contributed by atoms with Gasteiger partial charge in [-0.3, -0.25) is 14.3 Å². The van der Waals surface area contributed by atoms with Crippen LogP contribution < -0.4 is 5.32 Å². The molecule has 0 aliphatic heterocycles. The summed E-state index contributed by atoms with van der Waals surface area (Å²) in [5.41, 5.74) is 0.683. The summed E-state index contributed by atoms with van der Waals surface area (Å²) in [6.07, 6.45) is 7.62. The van der Waals surface area contributed by atoms with Gasteiger partial charge in [-0.15, -0.1) is 10.2 Å². The quantitative estimate of drug-likeness (QED) is 0.563. The number of rotatable bonds is 6. The first-order chi connectivity index (χ1) is 15.5. The highest BCUT2D eigenvalue weighted by Crippen LogP contribution is 2.32. The van der Waals surface area contributed by atoms with Crippen molar-refractivity contribution >= 4 is 17.7 Å². The molecule has 1 aliphatic rings. The first-order valence-corrected chi connectivity index (χ1v) is 11.4. The summed E-state index contributed by atoms with van der Waals surface area (Å²) in [6, 6.07) is 12.0. The van der Waals surface area contributed by atoms with Crippen molar-refractivity contribution in [3.8, 4) is 23.1 Å². The molecule has 2 aromatic heterocycles. The number of nitriles is 1. The monoisotopic (exact) mass is 450 g/mol. The number of pyridine rings is 1. The molecule has 164 valence electrons.